The van der Waals surface area contributed by atoms with Gasteiger partial charge in [-0.1, -0.05) is 0 Å². The highest BCUT2D eigenvalue weighted by Crippen LogP contribution is 2.31. The van der Waals surface area contributed by atoms with E-state index < -0.39 is 0 Å². The van der Waals surface area contributed by atoms with E-state index in [1.165, 1.54) is 25.5 Å². The third kappa shape index (κ3) is 2.55. The average molecular weight is 275 g/mol. The van der Waals surface area contributed by atoms with Crippen molar-refractivity contribution < 1.29 is 4.79 Å². The normalized spacial score (nSPS) is 16.2. The van der Waals surface area contributed by atoms with Crippen LogP contribution in [0, 0.1) is 5.92 Å². The van der Waals surface area contributed by atoms with Crippen molar-refractivity contribution in [3.05, 3.63) is 12.7 Å². The molecule has 0 saturated heterocycles. The van der Waals surface area contributed by atoms with Crippen molar-refractivity contribution in [2.75, 3.05) is 12.3 Å². The maximum absolute atomic E-state index is 11.9. The maximum atomic E-state index is 11.9. The second-order valence-corrected chi connectivity index (χ2v) is 5.11. The summed E-state index contributed by atoms with van der Waals surface area (Å²) in [6, 6.07) is 0.0523. The highest BCUT2D eigenvalue weighted by atomic mass is 16.1. The van der Waals surface area contributed by atoms with Crippen LogP contribution in [0.3, 0.4) is 0 Å². The number of amides is 1. The Kier molecular flexibility index (Phi) is 3.23. The summed E-state index contributed by atoms with van der Waals surface area (Å²) in [5, 5.41) is 2.83. The molecule has 0 radical (unpaired) electrons. The van der Waals surface area contributed by atoms with Gasteiger partial charge in [0.15, 0.2) is 11.5 Å². The molecule has 2 aromatic rings. The van der Waals surface area contributed by atoms with Crippen LogP contribution in [0.1, 0.15) is 12.8 Å². The number of nitrogens with zero attached hydrogens (tertiary/aromatic N) is 4. The Morgan fingerprint density at radius 3 is 3.00 bits per heavy atom. The molecule has 3 rings (SSSR count). The molecule has 8 heteroatoms. The standard InChI is InChI=1S/C12H17N7O/c13-8(7-1-2-7)3-15-9(20)4-19-6-18-10-11(14)16-5-17-12(10)19/h5-8H,1-4,13H2,(H,15,20)(H2,14,16,17). The van der Waals surface area contributed by atoms with Crippen molar-refractivity contribution in [2.24, 2.45) is 11.7 Å². The zero-order valence-electron chi connectivity index (χ0n) is 11.0. The van der Waals surface area contributed by atoms with Crippen molar-refractivity contribution in [3.63, 3.8) is 0 Å². The van der Waals surface area contributed by atoms with Crippen LogP contribution in [0.4, 0.5) is 5.82 Å². The van der Waals surface area contributed by atoms with Gasteiger partial charge in [-0.05, 0) is 18.8 Å². The molecule has 106 valence electrons. The van der Waals surface area contributed by atoms with E-state index >= 15 is 0 Å². The highest BCUT2D eigenvalue weighted by molar-refractivity contribution is 5.83. The van der Waals surface area contributed by atoms with Crippen LogP contribution in [0.25, 0.3) is 11.2 Å². The molecule has 2 heterocycles. The Labute approximate surface area is 115 Å². The predicted molar refractivity (Wildman–Crippen MR) is 73.4 cm³/mol. The predicted octanol–water partition coefficient (Wildman–Crippen LogP) is -0.738. The second kappa shape index (κ2) is 5.04. The number of carbonyl (C=O) groups is 1. The lowest BCUT2D eigenvalue weighted by atomic mass is 10.2. The van der Waals surface area contributed by atoms with Gasteiger partial charge in [-0.25, -0.2) is 15.0 Å². The summed E-state index contributed by atoms with van der Waals surface area (Å²) in [6.45, 7) is 0.650. The first-order valence-electron chi connectivity index (χ1n) is 6.58. The van der Waals surface area contributed by atoms with E-state index in [9.17, 15) is 4.79 Å². The van der Waals surface area contributed by atoms with Crippen LogP contribution >= 0.6 is 0 Å². The summed E-state index contributed by atoms with van der Waals surface area (Å²) in [4.78, 5) is 24.0. The van der Waals surface area contributed by atoms with Gasteiger partial charge in [0.2, 0.25) is 5.91 Å². The first-order chi connectivity index (χ1) is 9.65. The minimum absolute atomic E-state index is 0.0523. The Morgan fingerprint density at radius 1 is 1.45 bits per heavy atom. The summed E-state index contributed by atoms with van der Waals surface area (Å²) in [5.41, 5.74) is 12.7. The average Bonchev–Trinajstić information content (AvgIpc) is 3.20. The molecule has 0 bridgehead atoms. The Bertz CT molecular complexity index is 634. The molecule has 0 aliphatic heterocycles. The highest BCUT2D eigenvalue weighted by Gasteiger charge is 2.28. The van der Waals surface area contributed by atoms with Gasteiger partial charge in [0.05, 0.1) is 6.33 Å². The van der Waals surface area contributed by atoms with Gasteiger partial charge in [-0.3, -0.25) is 4.79 Å². The first kappa shape index (κ1) is 12.8. The van der Waals surface area contributed by atoms with Gasteiger partial charge in [0.25, 0.3) is 0 Å². The molecule has 1 aliphatic carbocycles. The monoisotopic (exact) mass is 275 g/mol. The minimum Gasteiger partial charge on any atom is -0.382 e. The van der Waals surface area contributed by atoms with Gasteiger partial charge in [0.1, 0.15) is 18.4 Å². The third-order valence-electron chi connectivity index (χ3n) is 3.51. The van der Waals surface area contributed by atoms with E-state index in [-0.39, 0.29) is 18.5 Å². The molecular weight excluding hydrogens is 258 g/mol. The number of hydrogen-bond acceptors (Lipinski definition) is 6. The van der Waals surface area contributed by atoms with E-state index in [0.29, 0.717) is 29.4 Å². The molecule has 2 aromatic heterocycles. The number of fused-ring (bicyclic) bond motifs is 1. The van der Waals surface area contributed by atoms with Crippen LogP contribution in [0.5, 0.6) is 0 Å². The van der Waals surface area contributed by atoms with Gasteiger partial charge in [-0.2, -0.15) is 0 Å². The number of nitrogens with two attached hydrogens (primary N) is 2. The van der Waals surface area contributed by atoms with Gasteiger partial charge >= 0.3 is 0 Å². The largest absolute Gasteiger partial charge is 0.382 e. The van der Waals surface area contributed by atoms with Gasteiger partial charge < -0.3 is 21.4 Å². The van der Waals surface area contributed by atoms with E-state index in [1.807, 2.05) is 0 Å². The summed E-state index contributed by atoms with van der Waals surface area (Å²) < 4.78 is 1.64. The van der Waals surface area contributed by atoms with Crippen LogP contribution < -0.4 is 16.8 Å². The van der Waals surface area contributed by atoms with Crippen molar-refractivity contribution in [2.45, 2.75) is 25.4 Å². The van der Waals surface area contributed by atoms with E-state index in [0.717, 1.165) is 0 Å². The molecule has 1 fully saturated rings. The summed E-state index contributed by atoms with van der Waals surface area (Å²) >= 11 is 0. The van der Waals surface area contributed by atoms with Crippen molar-refractivity contribution >= 4 is 22.9 Å². The summed E-state index contributed by atoms with van der Waals surface area (Å²) in [5.74, 6) is 0.763. The van der Waals surface area contributed by atoms with Gasteiger partial charge in [-0.15, -0.1) is 0 Å². The lowest BCUT2D eigenvalue weighted by Gasteiger charge is -2.11. The number of nitrogen functional groups attached to an aromatic ring is 1. The Hall–Kier alpha value is -2.22. The fraction of sp³-hybridized carbons (Fsp3) is 0.500. The smallest absolute Gasteiger partial charge is 0.240 e. The second-order valence-electron chi connectivity index (χ2n) is 5.11. The first-order valence-corrected chi connectivity index (χ1v) is 6.58. The number of anilines is 1. The lowest BCUT2D eigenvalue weighted by molar-refractivity contribution is -0.121. The number of imidazole rings is 1. The maximum Gasteiger partial charge on any atom is 0.240 e. The molecule has 0 spiro atoms. The zero-order chi connectivity index (χ0) is 14.1. The van der Waals surface area contributed by atoms with Crippen molar-refractivity contribution in [1.82, 2.24) is 24.8 Å². The summed E-state index contributed by atoms with van der Waals surface area (Å²) in [7, 11) is 0. The summed E-state index contributed by atoms with van der Waals surface area (Å²) in [6.07, 6.45) is 5.23. The number of aromatic nitrogens is 4. The molecule has 1 amide bonds. The van der Waals surface area contributed by atoms with E-state index in [2.05, 4.69) is 20.3 Å². The SMILES string of the molecule is Nc1ncnc2c1ncn2CC(=O)NCC(N)C1CC1. The molecule has 1 saturated carbocycles. The van der Waals surface area contributed by atoms with Crippen LogP contribution in [-0.2, 0) is 11.3 Å². The van der Waals surface area contributed by atoms with Crippen LogP contribution in [0.15, 0.2) is 12.7 Å². The molecule has 1 unspecified atom stereocenters. The quantitative estimate of drug-likeness (QED) is 0.660. The number of carbonyl (C=O) groups excluding carboxylic acids is 1. The number of nitrogens with one attached hydrogen (secondary N) is 1. The molecule has 1 aliphatic rings. The van der Waals surface area contributed by atoms with Crippen LogP contribution in [0.2, 0.25) is 0 Å². The number of hydrogen-bond donors (Lipinski definition) is 3. The number of rotatable bonds is 5. The van der Waals surface area contributed by atoms with Gasteiger partial charge in [0, 0.05) is 12.6 Å². The lowest BCUT2D eigenvalue weighted by Crippen LogP contribution is -2.39. The molecule has 8 nitrogen and oxygen atoms in total. The molecule has 5 N–H and O–H groups in total. The topological polar surface area (TPSA) is 125 Å². The van der Waals surface area contributed by atoms with Crippen molar-refractivity contribution in [1.29, 1.82) is 0 Å². The molecule has 1 atom stereocenters. The van der Waals surface area contributed by atoms with Crippen LogP contribution in [-0.4, -0.2) is 38.0 Å². The third-order valence-corrected chi connectivity index (χ3v) is 3.51. The molecular formula is C12H17N7O. The van der Waals surface area contributed by atoms with Crippen molar-refractivity contribution in [3.8, 4) is 0 Å². The fourth-order valence-electron chi connectivity index (χ4n) is 2.15. The van der Waals surface area contributed by atoms with E-state index in [4.69, 9.17) is 11.5 Å². The fourth-order valence-corrected chi connectivity index (χ4v) is 2.15. The zero-order valence-corrected chi connectivity index (χ0v) is 11.0. The molecule has 20 heavy (non-hydrogen) atoms. The minimum atomic E-state index is -0.113. The van der Waals surface area contributed by atoms with E-state index in [1.54, 1.807) is 4.57 Å². The Balaban J connectivity index is 1.63. The Morgan fingerprint density at radius 2 is 2.25 bits per heavy atom. The molecule has 0 aromatic carbocycles.